The molecule has 2 fully saturated rings. The van der Waals surface area contributed by atoms with Gasteiger partial charge in [0, 0.05) is 13.2 Å². The predicted octanol–water partition coefficient (Wildman–Crippen LogP) is 2.94. The van der Waals surface area contributed by atoms with Crippen LogP contribution in [0.15, 0.2) is 6.07 Å². The van der Waals surface area contributed by atoms with E-state index in [0.29, 0.717) is 5.92 Å². The number of nitrogens with zero attached hydrogens (tertiary/aromatic N) is 2. The highest BCUT2D eigenvalue weighted by Gasteiger charge is 2.41. The summed E-state index contributed by atoms with van der Waals surface area (Å²) in [5.74, 6) is 2.67. The third-order valence-electron chi connectivity index (χ3n) is 4.92. The first kappa shape index (κ1) is 15.4. The number of rotatable bonds is 3. The van der Waals surface area contributed by atoms with Gasteiger partial charge in [-0.25, -0.2) is 0 Å². The molecule has 0 aliphatic carbocycles. The van der Waals surface area contributed by atoms with E-state index in [4.69, 9.17) is 4.74 Å². The molecular weight excluding hydrogens is 284 g/mol. The average Bonchev–Trinajstić information content (AvgIpc) is 2.88. The third kappa shape index (κ3) is 3.15. The van der Waals surface area contributed by atoms with E-state index in [2.05, 4.69) is 12.0 Å². The summed E-state index contributed by atoms with van der Waals surface area (Å²) in [6, 6.07) is 2.03. The van der Waals surface area contributed by atoms with E-state index in [9.17, 15) is 5.11 Å². The van der Waals surface area contributed by atoms with Gasteiger partial charge in [0.2, 0.25) is 0 Å². The lowest BCUT2D eigenvalue weighted by atomic mass is 9.79. The van der Waals surface area contributed by atoms with Crippen LogP contribution >= 0.6 is 11.8 Å². The summed E-state index contributed by atoms with van der Waals surface area (Å²) >= 11 is 2.02. The Kier molecular flexibility index (Phi) is 4.62. The predicted molar refractivity (Wildman–Crippen MR) is 85.6 cm³/mol. The quantitative estimate of drug-likeness (QED) is 0.932. The molecule has 0 aromatic carbocycles. The van der Waals surface area contributed by atoms with Crippen LogP contribution in [0.5, 0.6) is 0 Å². The molecule has 0 saturated carbocycles. The van der Waals surface area contributed by atoms with Crippen LogP contribution in [0.25, 0.3) is 0 Å². The second-order valence-electron chi connectivity index (χ2n) is 6.37. The van der Waals surface area contributed by atoms with Crippen LogP contribution in [0.3, 0.4) is 0 Å². The van der Waals surface area contributed by atoms with Gasteiger partial charge in [0.05, 0.1) is 23.1 Å². The Balaban J connectivity index is 1.76. The number of hydrogen-bond acceptors (Lipinski definition) is 4. The monoisotopic (exact) mass is 310 g/mol. The van der Waals surface area contributed by atoms with Gasteiger partial charge in [-0.15, -0.1) is 0 Å². The number of aliphatic hydroxyl groups is 1. The second kappa shape index (κ2) is 6.31. The SMILES string of the molecule is CCn1nc(C)cc1C(O)C1CCOC2(CCSCC2)C1. The van der Waals surface area contributed by atoms with Crippen molar-refractivity contribution in [2.75, 3.05) is 18.1 Å². The summed E-state index contributed by atoms with van der Waals surface area (Å²) in [6.45, 7) is 5.66. The van der Waals surface area contributed by atoms with Gasteiger partial charge >= 0.3 is 0 Å². The van der Waals surface area contributed by atoms with Crippen LogP contribution in [0, 0.1) is 12.8 Å². The third-order valence-corrected chi connectivity index (χ3v) is 5.90. The first-order valence-corrected chi connectivity index (χ1v) is 9.23. The molecule has 5 heteroatoms. The molecule has 4 nitrogen and oxygen atoms in total. The highest BCUT2D eigenvalue weighted by atomic mass is 32.2. The first-order chi connectivity index (χ1) is 10.1. The van der Waals surface area contributed by atoms with Crippen molar-refractivity contribution < 1.29 is 9.84 Å². The Morgan fingerprint density at radius 2 is 2.29 bits per heavy atom. The zero-order chi connectivity index (χ0) is 14.9. The molecule has 1 aromatic rings. The molecule has 0 amide bonds. The van der Waals surface area contributed by atoms with E-state index in [1.807, 2.05) is 29.4 Å². The number of hydrogen-bond donors (Lipinski definition) is 1. The molecule has 2 saturated heterocycles. The van der Waals surface area contributed by atoms with Crippen molar-refractivity contribution >= 4 is 11.8 Å². The summed E-state index contributed by atoms with van der Waals surface area (Å²) < 4.78 is 8.08. The molecule has 3 heterocycles. The lowest BCUT2D eigenvalue weighted by molar-refractivity contribution is -0.122. The number of aliphatic hydroxyl groups excluding tert-OH is 1. The minimum atomic E-state index is -0.415. The summed E-state index contributed by atoms with van der Waals surface area (Å²) in [5.41, 5.74) is 1.99. The number of aryl methyl sites for hydroxylation is 2. The molecule has 21 heavy (non-hydrogen) atoms. The van der Waals surface area contributed by atoms with E-state index in [1.54, 1.807) is 0 Å². The zero-order valence-electron chi connectivity index (χ0n) is 13.0. The molecule has 2 aliphatic rings. The fourth-order valence-corrected chi connectivity index (χ4v) is 4.96. The molecule has 0 bridgehead atoms. The molecule has 0 radical (unpaired) electrons. The molecular formula is C16H26N2O2S. The summed E-state index contributed by atoms with van der Waals surface area (Å²) in [5, 5.41) is 15.3. The molecule has 2 unspecified atom stereocenters. The number of aromatic nitrogens is 2. The Hall–Kier alpha value is -0.520. The van der Waals surface area contributed by atoms with E-state index in [0.717, 1.165) is 50.2 Å². The van der Waals surface area contributed by atoms with Gasteiger partial charge in [-0.3, -0.25) is 4.68 Å². The van der Waals surface area contributed by atoms with Crippen LogP contribution in [0.4, 0.5) is 0 Å². The lowest BCUT2D eigenvalue weighted by Crippen LogP contribution is -2.44. The molecule has 3 rings (SSSR count). The van der Waals surface area contributed by atoms with Crippen LogP contribution in [-0.2, 0) is 11.3 Å². The highest BCUT2D eigenvalue weighted by Crippen LogP contribution is 2.43. The van der Waals surface area contributed by atoms with Gasteiger partial charge in [0.15, 0.2) is 0 Å². The highest BCUT2D eigenvalue weighted by molar-refractivity contribution is 7.99. The van der Waals surface area contributed by atoms with E-state index >= 15 is 0 Å². The van der Waals surface area contributed by atoms with Gasteiger partial charge < -0.3 is 9.84 Å². The molecule has 2 atom stereocenters. The standard InChI is InChI=1S/C16H26N2O2S/c1-3-18-14(10-12(2)17-18)15(19)13-4-7-20-16(11-13)5-8-21-9-6-16/h10,13,15,19H,3-9,11H2,1-2H3. The summed E-state index contributed by atoms with van der Waals surface area (Å²) in [7, 11) is 0. The minimum absolute atomic E-state index is 0.0290. The molecule has 1 spiro atoms. The first-order valence-electron chi connectivity index (χ1n) is 8.08. The maximum atomic E-state index is 10.9. The van der Waals surface area contributed by atoms with Gasteiger partial charge in [0.1, 0.15) is 0 Å². The number of thioether (sulfide) groups is 1. The topological polar surface area (TPSA) is 47.3 Å². The molecule has 2 aliphatic heterocycles. The maximum Gasteiger partial charge on any atom is 0.0986 e. The minimum Gasteiger partial charge on any atom is -0.387 e. The van der Waals surface area contributed by atoms with Gasteiger partial charge in [-0.2, -0.15) is 16.9 Å². The normalized spacial score (nSPS) is 26.9. The van der Waals surface area contributed by atoms with Crippen molar-refractivity contribution in [1.29, 1.82) is 0 Å². The van der Waals surface area contributed by atoms with E-state index in [-0.39, 0.29) is 5.60 Å². The molecule has 1 N–H and O–H groups in total. The van der Waals surface area contributed by atoms with Gasteiger partial charge in [-0.1, -0.05) is 0 Å². The van der Waals surface area contributed by atoms with E-state index < -0.39 is 6.10 Å². The summed E-state index contributed by atoms with van der Waals surface area (Å²) in [4.78, 5) is 0. The summed E-state index contributed by atoms with van der Waals surface area (Å²) in [6.07, 6.45) is 3.79. The van der Waals surface area contributed by atoms with Crippen LogP contribution in [0.2, 0.25) is 0 Å². The van der Waals surface area contributed by atoms with Gasteiger partial charge in [-0.05, 0) is 63.0 Å². The number of ether oxygens (including phenoxy) is 1. The molecule has 1 aromatic heterocycles. The second-order valence-corrected chi connectivity index (χ2v) is 7.59. The Labute approximate surface area is 131 Å². The smallest absolute Gasteiger partial charge is 0.0986 e. The van der Waals surface area contributed by atoms with Crippen molar-refractivity contribution in [2.24, 2.45) is 5.92 Å². The van der Waals surface area contributed by atoms with Crippen molar-refractivity contribution in [1.82, 2.24) is 9.78 Å². The van der Waals surface area contributed by atoms with Crippen molar-refractivity contribution in [3.8, 4) is 0 Å². The average molecular weight is 310 g/mol. The van der Waals surface area contributed by atoms with Crippen LogP contribution < -0.4 is 0 Å². The van der Waals surface area contributed by atoms with E-state index in [1.165, 1.54) is 11.5 Å². The Morgan fingerprint density at radius 1 is 1.52 bits per heavy atom. The maximum absolute atomic E-state index is 10.9. The lowest BCUT2D eigenvalue weighted by Gasteiger charge is -2.44. The Morgan fingerprint density at radius 3 is 3.00 bits per heavy atom. The van der Waals surface area contributed by atoms with Crippen LogP contribution in [-0.4, -0.2) is 38.6 Å². The Bertz CT molecular complexity index is 477. The molecule has 118 valence electrons. The largest absolute Gasteiger partial charge is 0.387 e. The van der Waals surface area contributed by atoms with Crippen LogP contribution in [0.1, 0.15) is 50.1 Å². The fraction of sp³-hybridized carbons (Fsp3) is 0.812. The van der Waals surface area contributed by atoms with Gasteiger partial charge in [0.25, 0.3) is 0 Å². The fourth-order valence-electron chi connectivity index (χ4n) is 3.73. The van der Waals surface area contributed by atoms with Crippen molar-refractivity contribution in [3.63, 3.8) is 0 Å². The van der Waals surface area contributed by atoms with Crippen molar-refractivity contribution in [3.05, 3.63) is 17.5 Å². The zero-order valence-corrected chi connectivity index (χ0v) is 13.9. The van der Waals surface area contributed by atoms with Crippen molar-refractivity contribution in [2.45, 2.75) is 57.8 Å².